The fraction of sp³-hybridized carbons (Fsp3) is 0.304. The molecule has 1 unspecified atom stereocenters. The Morgan fingerprint density at radius 3 is 2.87 bits per heavy atom. The maximum atomic E-state index is 5.67. The predicted octanol–water partition coefficient (Wildman–Crippen LogP) is 4.12. The van der Waals surface area contributed by atoms with Gasteiger partial charge in [-0.1, -0.05) is 23.6 Å². The molecule has 0 radical (unpaired) electrons. The number of benzene rings is 1. The molecule has 2 atom stereocenters. The first-order valence-electron chi connectivity index (χ1n) is 10.4. The molecule has 3 aromatic heterocycles. The first kappa shape index (κ1) is 20.0. The zero-order chi connectivity index (χ0) is 21.4. The van der Waals surface area contributed by atoms with Crippen LogP contribution in [0, 0.1) is 0 Å². The van der Waals surface area contributed by atoms with Crippen molar-refractivity contribution in [3.63, 3.8) is 0 Å². The fourth-order valence-corrected chi connectivity index (χ4v) is 5.14. The van der Waals surface area contributed by atoms with Gasteiger partial charge < -0.3 is 9.64 Å². The Balaban J connectivity index is 1.78. The summed E-state index contributed by atoms with van der Waals surface area (Å²) in [6.07, 6.45) is 5.90. The minimum atomic E-state index is 0.0412. The van der Waals surface area contributed by atoms with Gasteiger partial charge in [0.2, 0.25) is 0 Å². The number of aromatic nitrogens is 5. The zero-order valence-electron chi connectivity index (χ0n) is 17.9. The van der Waals surface area contributed by atoms with Gasteiger partial charge in [0.1, 0.15) is 5.82 Å². The van der Waals surface area contributed by atoms with Gasteiger partial charge in [0.05, 0.1) is 31.6 Å². The first-order valence-corrected chi connectivity index (χ1v) is 12.1. The van der Waals surface area contributed by atoms with Crippen molar-refractivity contribution in [3.8, 4) is 16.9 Å². The Kier molecular flexibility index (Phi) is 5.33. The van der Waals surface area contributed by atoms with Gasteiger partial charge in [0.25, 0.3) is 0 Å². The van der Waals surface area contributed by atoms with Crippen LogP contribution in [0.5, 0.6) is 0 Å². The Hall–Kier alpha value is -2.97. The quantitative estimate of drug-likeness (QED) is 0.489. The lowest BCUT2D eigenvalue weighted by atomic mass is 10.0. The van der Waals surface area contributed by atoms with E-state index < -0.39 is 0 Å². The van der Waals surface area contributed by atoms with E-state index in [1.807, 2.05) is 16.9 Å². The van der Waals surface area contributed by atoms with Crippen molar-refractivity contribution in [1.29, 1.82) is 0 Å². The van der Waals surface area contributed by atoms with Crippen LogP contribution >= 0.6 is 10.5 Å². The number of fused-ring (bicyclic) bond motifs is 1. The second-order valence-electron chi connectivity index (χ2n) is 7.67. The molecule has 1 saturated heterocycles. The third kappa shape index (κ3) is 3.55. The van der Waals surface area contributed by atoms with Gasteiger partial charge >= 0.3 is 0 Å². The molecule has 0 saturated carbocycles. The molecule has 1 fully saturated rings. The summed E-state index contributed by atoms with van der Waals surface area (Å²) in [4.78, 5) is 8.72. The van der Waals surface area contributed by atoms with Crippen molar-refractivity contribution < 1.29 is 4.74 Å². The highest BCUT2D eigenvalue weighted by molar-refractivity contribution is 8.14. The second-order valence-corrected chi connectivity index (χ2v) is 9.70. The molecular weight excluding hydrogens is 408 g/mol. The molecule has 0 spiro atoms. The second kappa shape index (κ2) is 8.28. The Labute approximate surface area is 184 Å². The Bertz CT molecular complexity index is 1250. The summed E-state index contributed by atoms with van der Waals surface area (Å²) in [6, 6.07) is 13.0. The molecule has 0 amide bonds. The Morgan fingerprint density at radius 2 is 2.10 bits per heavy atom. The summed E-state index contributed by atoms with van der Waals surface area (Å²) < 4.78 is 7.50. The number of aromatic amines is 1. The maximum Gasteiger partial charge on any atom is 0.167 e. The number of hydrogen-bond donors (Lipinski definition) is 1. The van der Waals surface area contributed by atoms with Gasteiger partial charge in [0, 0.05) is 22.9 Å². The number of anilines is 1. The molecule has 1 aromatic carbocycles. The largest absolute Gasteiger partial charge is 0.377 e. The van der Waals surface area contributed by atoms with Crippen molar-refractivity contribution in [2.24, 2.45) is 0 Å². The van der Waals surface area contributed by atoms with Gasteiger partial charge in [-0.25, -0.2) is 4.98 Å². The van der Waals surface area contributed by atoms with Crippen LogP contribution in [0.25, 0.3) is 28.0 Å². The molecule has 4 heterocycles. The Morgan fingerprint density at radius 1 is 1.23 bits per heavy atom. The van der Waals surface area contributed by atoms with E-state index >= 15 is 0 Å². The lowest BCUT2D eigenvalue weighted by molar-refractivity contribution is 0.0985. The molecule has 31 heavy (non-hydrogen) atoms. The van der Waals surface area contributed by atoms with E-state index in [1.165, 1.54) is 10.5 Å². The van der Waals surface area contributed by atoms with Crippen molar-refractivity contribution in [1.82, 2.24) is 25.0 Å². The minimum absolute atomic E-state index is 0.0412. The van der Waals surface area contributed by atoms with Crippen molar-refractivity contribution in [2.45, 2.75) is 24.8 Å². The topological polar surface area (TPSA) is 71.9 Å². The number of nitrogens with one attached hydrogen (secondary N) is 1. The average Bonchev–Trinajstić information content (AvgIpc) is 3.48. The zero-order valence-corrected chi connectivity index (χ0v) is 18.8. The number of pyridine rings is 1. The molecule has 0 aliphatic carbocycles. The van der Waals surface area contributed by atoms with E-state index in [2.05, 4.69) is 76.0 Å². The van der Waals surface area contributed by atoms with Crippen molar-refractivity contribution in [2.75, 3.05) is 30.9 Å². The van der Waals surface area contributed by atoms with Crippen molar-refractivity contribution >= 4 is 32.7 Å². The molecule has 7 nitrogen and oxygen atoms in total. The smallest absolute Gasteiger partial charge is 0.167 e. The van der Waals surface area contributed by atoms with E-state index in [9.17, 15) is 0 Å². The first-order chi connectivity index (χ1) is 15.2. The number of ether oxygens (including phenoxy) is 1. The lowest BCUT2D eigenvalue weighted by Gasteiger charge is -2.34. The number of rotatable bonds is 4. The molecule has 4 aromatic rings. The van der Waals surface area contributed by atoms with Gasteiger partial charge in [-0.15, -0.1) is 0 Å². The lowest BCUT2D eigenvalue weighted by Crippen LogP contribution is -2.44. The highest BCUT2D eigenvalue weighted by Crippen LogP contribution is 2.39. The highest BCUT2D eigenvalue weighted by Gasteiger charge is 2.24. The molecular formula is C23H26N6OS. The summed E-state index contributed by atoms with van der Waals surface area (Å²) in [6.45, 7) is 6.53. The number of hydrogen-bond acceptors (Lipinski definition) is 5. The van der Waals surface area contributed by atoms with Crippen LogP contribution in [0.1, 0.15) is 13.8 Å². The molecule has 0 bridgehead atoms. The molecule has 1 aliphatic rings. The highest BCUT2D eigenvalue weighted by atomic mass is 32.2. The van der Waals surface area contributed by atoms with Crippen LogP contribution in [0.2, 0.25) is 0 Å². The molecule has 5 rings (SSSR count). The van der Waals surface area contributed by atoms with Gasteiger partial charge in [-0.3, -0.25) is 5.10 Å². The summed E-state index contributed by atoms with van der Waals surface area (Å²) >= 11 is 0. The predicted molar refractivity (Wildman–Crippen MR) is 128 cm³/mol. The summed E-state index contributed by atoms with van der Waals surface area (Å²) in [7, 11) is 0.0412. The number of morpholine rings is 1. The number of nitrogens with zero attached hydrogens (tertiary/aromatic N) is 5. The van der Waals surface area contributed by atoms with E-state index in [1.54, 1.807) is 6.20 Å². The molecule has 1 N–H and O–H groups in total. The van der Waals surface area contributed by atoms with E-state index in [4.69, 9.17) is 9.72 Å². The molecule has 8 heteroatoms. The van der Waals surface area contributed by atoms with Crippen LogP contribution in [0.4, 0.5) is 5.82 Å². The van der Waals surface area contributed by atoms with E-state index in [0.717, 1.165) is 34.8 Å². The molecule has 1 aliphatic heterocycles. The van der Waals surface area contributed by atoms with Gasteiger partial charge in [-0.05, 0) is 43.4 Å². The van der Waals surface area contributed by atoms with Crippen LogP contribution in [-0.4, -0.2) is 62.4 Å². The SMILES string of the molecule is C/C=S(\C)c1ccccc1-c1cc(N2CCOC[C@H]2C)nc2c1cnn2-c1ccn[nH]1. The average molecular weight is 435 g/mol. The summed E-state index contributed by atoms with van der Waals surface area (Å²) in [5.74, 6) is 1.75. The van der Waals surface area contributed by atoms with Crippen LogP contribution < -0.4 is 4.90 Å². The summed E-state index contributed by atoms with van der Waals surface area (Å²) in [5.41, 5.74) is 3.20. The third-order valence-corrected chi connectivity index (χ3v) is 7.54. The minimum Gasteiger partial charge on any atom is -0.377 e. The van der Waals surface area contributed by atoms with Crippen LogP contribution in [0.15, 0.2) is 53.7 Å². The number of H-pyrrole nitrogens is 1. The summed E-state index contributed by atoms with van der Waals surface area (Å²) in [5, 5.41) is 15.1. The van der Waals surface area contributed by atoms with Crippen LogP contribution in [0.3, 0.4) is 0 Å². The maximum absolute atomic E-state index is 5.67. The van der Waals surface area contributed by atoms with Crippen LogP contribution in [-0.2, 0) is 4.74 Å². The van der Waals surface area contributed by atoms with Crippen molar-refractivity contribution in [3.05, 3.63) is 48.8 Å². The van der Waals surface area contributed by atoms with E-state index in [0.29, 0.717) is 13.2 Å². The fourth-order valence-electron chi connectivity index (χ4n) is 4.06. The monoisotopic (exact) mass is 434 g/mol. The van der Waals surface area contributed by atoms with Gasteiger partial charge in [0.15, 0.2) is 11.5 Å². The molecule has 160 valence electrons. The van der Waals surface area contributed by atoms with E-state index in [-0.39, 0.29) is 16.5 Å². The normalized spacial score (nSPS) is 18.0. The van der Waals surface area contributed by atoms with Gasteiger partial charge in [-0.2, -0.15) is 25.4 Å². The third-order valence-electron chi connectivity index (χ3n) is 5.78. The standard InChI is InChI=1S/C23H26N6OS/c1-4-31(3)20-8-6-5-7-17(20)18-13-22(28-11-12-30-15-16(28)2)26-23-19(18)14-25-29(23)21-9-10-24-27-21/h4-10,13-14,16H,11-12,15H2,1-3H3,(H,24,27)/t16-,31?/m1/s1.